The third-order valence-corrected chi connectivity index (χ3v) is 6.54. The molecule has 2 aromatic carbocycles. The van der Waals surface area contributed by atoms with Crippen LogP contribution in [0.15, 0.2) is 36.4 Å². The fraction of sp³-hybridized carbons (Fsp3) is 0.440. The molecule has 0 N–H and O–H groups in total. The molecule has 0 nitrogen and oxygen atoms in total. The lowest BCUT2D eigenvalue weighted by atomic mass is 9.73. The van der Waals surface area contributed by atoms with E-state index in [1.54, 1.807) is 0 Å². The van der Waals surface area contributed by atoms with Gasteiger partial charge >= 0.3 is 6.18 Å². The van der Waals surface area contributed by atoms with Gasteiger partial charge in [0.05, 0.1) is 0 Å². The quantitative estimate of drug-likeness (QED) is 0.360. The zero-order valence-corrected chi connectivity index (χ0v) is 17.0. The molecule has 160 valence electrons. The SMILES string of the molecule is CCC=CC1CCc2c(ccc3c2CCC(c2cc(F)c(C(F)(F)F)c(F)c2)C3)C1. The zero-order valence-electron chi connectivity index (χ0n) is 17.0. The van der Waals surface area contributed by atoms with Crippen LogP contribution in [0.5, 0.6) is 0 Å². The monoisotopic (exact) mass is 420 g/mol. The van der Waals surface area contributed by atoms with Gasteiger partial charge in [0.15, 0.2) is 0 Å². The largest absolute Gasteiger partial charge is 0.422 e. The summed E-state index contributed by atoms with van der Waals surface area (Å²) in [6.45, 7) is 2.13. The summed E-state index contributed by atoms with van der Waals surface area (Å²) < 4.78 is 66.6. The van der Waals surface area contributed by atoms with Crippen molar-refractivity contribution < 1.29 is 22.0 Å². The Kier molecular flexibility index (Phi) is 5.73. The number of allylic oxidation sites excluding steroid dienone is 2. The number of rotatable bonds is 3. The Labute approximate surface area is 173 Å². The molecule has 0 spiro atoms. The van der Waals surface area contributed by atoms with Gasteiger partial charge in [-0.3, -0.25) is 0 Å². The minimum absolute atomic E-state index is 0.175. The van der Waals surface area contributed by atoms with Gasteiger partial charge in [-0.1, -0.05) is 31.2 Å². The topological polar surface area (TPSA) is 0 Å². The molecule has 0 fully saturated rings. The Morgan fingerprint density at radius 1 is 0.933 bits per heavy atom. The average Bonchev–Trinajstić information content (AvgIpc) is 2.69. The Bertz CT molecular complexity index is 947. The van der Waals surface area contributed by atoms with E-state index in [0.29, 0.717) is 24.3 Å². The van der Waals surface area contributed by atoms with Crippen molar-refractivity contribution in [1.82, 2.24) is 0 Å². The van der Waals surface area contributed by atoms with E-state index in [9.17, 15) is 22.0 Å². The third-order valence-electron chi connectivity index (χ3n) is 6.54. The number of benzene rings is 2. The molecular weight excluding hydrogens is 395 g/mol. The Balaban J connectivity index is 1.58. The molecule has 0 aliphatic heterocycles. The van der Waals surface area contributed by atoms with Crippen LogP contribution in [-0.4, -0.2) is 0 Å². The van der Waals surface area contributed by atoms with Gasteiger partial charge in [0.25, 0.3) is 0 Å². The first kappa shape index (κ1) is 21.1. The standard InChI is InChI=1S/C25H25F5/c1-2-3-4-15-5-9-20-17(11-15)6-7-18-12-16(8-10-21(18)20)19-13-22(26)24(23(27)14-19)25(28,29)30/h3-4,6-7,13-16H,2,5,8-12H2,1H3. The van der Waals surface area contributed by atoms with E-state index in [1.807, 2.05) is 0 Å². The second-order valence-electron chi connectivity index (χ2n) is 8.48. The second-order valence-corrected chi connectivity index (χ2v) is 8.48. The number of alkyl halides is 3. The molecule has 2 aromatic rings. The fourth-order valence-corrected chi connectivity index (χ4v) is 5.07. The highest BCUT2D eigenvalue weighted by Crippen LogP contribution is 2.40. The number of hydrogen-bond donors (Lipinski definition) is 0. The van der Waals surface area contributed by atoms with Gasteiger partial charge in [-0.15, -0.1) is 0 Å². The number of fused-ring (bicyclic) bond motifs is 3. The first-order chi connectivity index (χ1) is 14.3. The minimum Gasteiger partial charge on any atom is -0.206 e. The normalized spacial score (nSPS) is 21.5. The Morgan fingerprint density at radius 2 is 1.53 bits per heavy atom. The van der Waals surface area contributed by atoms with Crippen molar-refractivity contribution in [2.75, 3.05) is 0 Å². The van der Waals surface area contributed by atoms with Gasteiger partial charge in [-0.05, 0) is 96.7 Å². The lowest BCUT2D eigenvalue weighted by Gasteiger charge is -2.31. The summed E-state index contributed by atoms with van der Waals surface area (Å²) in [5, 5.41) is 0. The summed E-state index contributed by atoms with van der Waals surface area (Å²) in [4.78, 5) is 0. The van der Waals surface area contributed by atoms with Crippen LogP contribution in [0.4, 0.5) is 22.0 Å². The van der Waals surface area contributed by atoms with E-state index in [-0.39, 0.29) is 5.92 Å². The predicted octanol–water partition coefficient (Wildman–Crippen LogP) is 7.33. The lowest BCUT2D eigenvalue weighted by molar-refractivity contribution is -0.142. The van der Waals surface area contributed by atoms with Crippen molar-refractivity contribution in [1.29, 1.82) is 0 Å². The molecule has 0 saturated heterocycles. The molecule has 0 heterocycles. The van der Waals surface area contributed by atoms with E-state index >= 15 is 0 Å². The highest BCUT2D eigenvalue weighted by Gasteiger charge is 2.38. The molecule has 2 aliphatic rings. The highest BCUT2D eigenvalue weighted by atomic mass is 19.4. The molecule has 30 heavy (non-hydrogen) atoms. The average molecular weight is 420 g/mol. The molecule has 0 saturated carbocycles. The van der Waals surface area contributed by atoms with Gasteiger partial charge in [-0.2, -0.15) is 13.2 Å². The van der Waals surface area contributed by atoms with Crippen LogP contribution in [-0.2, 0) is 31.9 Å². The van der Waals surface area contributed by atoms with Crippen molar-refractivity contribution in [3.63, 3.8) is 0 Å². The van der Waals surface area contributed by atoms with Crippen LogP contribution in [0.25, 0.3) is 0 Å². The van der Waals surface area contributed by atoms with E-state index in [0.717, 1.165) is 49.8 Å². The minimum atomic E-state index is -5.03. The summed E-state index contributed by atoms with van der Waals surface area (Å²) in [5.41, 5.74) is 3.81. The summed E-state index contributed by atoms with van der Waals surface area (Å²) in [5.74, 6) is -2.66. The zero-order chi connectivity index (χ0) is 21.5. The fourth-order valence-electron chi connectivity index (χ4n) is 5.07. The molecule has 2 aliphatic carbocycles. The van der Waals surface area contributed by atoms with Crippen LogP contribution < -0.4 is 0 Å². The second kappa shape index (κ2) is 8.16. The van der Waals surface area contributed by atoms with Crippen LogP contribution in [0.1, 0.15) is 65.5 Å². The molecule has 2 unspecified atom stereocenters. The molecule has 4 rings (SSSR count). The molecular formula is C25H25F5. The summed E-state index contributed by atoms with van der Waals surface area (Å²) in [7, 11) is 0. The first-order valence-corrected chi connectivity index (χ1v) is 10.6. The van der Waals surface area contributed by atoms with Crippen molar-refractivity contribution in [3.8, 4) is 0 Å². The van der Waals surface area contributed by atoms with E-state index < -0.39 is 23.4 Å². The maximum absolute atomic E-state index is 14.0. The molecule has 2 atom stereocenters. The van der Waals surface area contributed by atoms with E-state index in [4.69, 9.17) is 0 Å². The lowest BCUT2D eigenvalue weighted by Crippen LogP contribution is -2.20. The van der Waals surface area contributed by atoms with Crippen molar-refractivity contribution in [3.05, 3.63) is 81.4 Å². The maximum atomic E-state index is 14.0. The van der Waals surface area contributed by atoms with E-state index in [2.05, 4.69) is 31.2 Å². The number of halogens is 5. The summed E-state index contributed by atoms with van der Waals surface area (Å²) in [6, 6.07) is 5.99. The van der Waals surface area contributed by atoms with Gasteiger partial charge < -0.3 is 0 Å². The van der Waals surface area contributed by atoms with Crippen molar-refractivity contribution >= 4 is 0 Å². The molecule has 0 bridgehead atoms. The van der Waals surface area contributed by atoms with Crippen molar-refractivity contribution in [2.45, 2.75) is 64.0 Å². The van der Waals surface area contributed by atoms with E-state index in [1.165, 1.54) is 16.7 Å². The summed E-state index contributed by atoms with van der Waals surface area (Å²) in [6.07, 6.45) is 5.83. The molecule has 0 aromatic heterocycles. The maximum Gasteiger partial charge on any atom is 0.422 e. The van der Waals surface area contributed by atoms with Crippen LogP contribution in [0.2, 0.25) is 0 Å². The van der Waals surface area contributed by atoms with Gasteiger partial charge in [-0.25, -0.2) is 8.78 Å². The third kappa shape index (κ3) is 4.03. The Morgan fingerprint density at radius 3 is 2.13 bits per heavy atom. The summed E-state index contributed by atoms with van der Waals surface area (Å²) >= 11 is 0. The number of hydrogen-bond acceptors (Lipinski definition) is 0. The first-order valence-electron chi connectivity index (χ1n) is 10.6. The smallest absolute Gasteiger partial charge is 0.206 e. The van der Waals surface area contributed by atoms with Gasteiger partial charge in [0, 0.05) is 0 Å². The highest BCUT2D eigenvalue weighted by molar-refractivity contribution is 5.46. The Hall–Kier alpha value is -2.17. The van der Waals surface area contributed by atoms with Crippen LogP contribution in [0.3, 0.4) is 0 Å². The molecule has 0 radical (unpaired) electrons. The molecule has 0 amide bonds. The molecule has 5 heteroatoms. The predicted molar refractivity (Wildman–Crippen MR) is 108 cm³/mol. The van der Waals surface area contributed by atoms with Crippen LogP contribution in [0, 0.1) is 17.6 Å². The van der Waals surface area contributed by atoms with Gasteiger partial charge in [0.2, 0.25) is 0 Å². The van der Waals surface area contributed by atoms with Gasteiger partial charge in [0.1, 0.15) is 17.2 Å². The van der Waals surface area contributed by atoms with Crippen molar-refractivity contribution in [2.24, 2.45) is 5.92 Å². The van der Waals surface area contributed by atoms with Crippen LogP contribution >= 0.6 is 0 Å².